The average molecular weight is 234 g/mol. The van der Waals surface area contributed by atoms with Crippen molar-refractivity contribution in [2.45, 2.75) is 19.1 Å². The van der Waals surface area contributed by atoms with Crippen LogP contribution in [0.15, 0.2) is 22.9 Å². The normalized spacial score (nSPS) is 17.9. The number of aromatic nitrogens is 3. The summed E-state index contributed by atoms with van der Waals surface area (Å²) in [4.78, 5) is 7.29. The second kappa shape index (κ2) is 3.97. The molecular formula is C11H14N4O2. The minimum atomic E-state index is -0.0962. The van der Waals surface area contributed by atoms with Crippen LogP contribution in [0.4, 0.5) is 0 Å². The lowest BCUT2D eigenvalue weighted by Gasteiger charge is -2.38. The van der Waals surface area contributed by atoms with Gasteiger partial charge >= 0.3 is 0 Å². The smallest absolute Gasteiger partial charge is 0.253 e. The van der Waals surface area contributed by atoms with Gasteiger partial charge in [0.2, 0.25) is 5.82 Å². The van der Waals surface area contributed by atoms with Gasteiger partial charge in [-0.3, -0.25) is 0 Å². The number of rotatable bonds is 4. The minimum Gasteiger partial charge on any atom is -0.363 e. The minimum absolute atomic E-state index is 0.0962. The van der Waals surface area contributed by atoms with Crippen molar-refractivity contribution >= 4 is 0 Å². The zero-order valence-corrected chi connectivity index (χ0v) is 9.56. The van der Waals surface area contributed by atoms with E-state index in [0.717, 1.165) is 18.8 Å². The topological polar surface area (TPSA) is 76.0 Å². The molecule has 1 aliphatic rings. The first-order valence-electron chi connectivity index (χ1n) is 5.56. The highest BCUT2D eigenvalue weighted by Crippen LogP contribution is 2.18. The highest BCUT2D eigenvalue weighted by Gasteiger charge is 2.33. The molecule has 0 spiro atoms. The van der Waals surface area contributed by atoms with Crippen LogP contribution in [0.2, 0.25) is 0 Å². The van der Waals surface area contributed by atoms with E-state index in [2.05, 4.69) is 27.4 Å². The summed E-state index contributed by atoms with van der Waals surface area (Å²) < 4.78 is 10.8. The SMILES string of the molecule is CC1(OCc2nc(-c3ccc[nH]3)no2)CNC1. The Kier molecular flexibility index (Phi) is 2.45. The van der Waals surface area contributed by atoms with E-state index >= 15 is 0 Å². The van der Waals surface area contributed by atoms with Gasteiger partial charge in [0.15, 0.2) is 0 Å². The molecule has 1 aliphatic heterocycles. The molecule has 0 atom stereocenters. The molecule has 0 saturated carbocycles. The number of hydrogen-bond donors (Lipinski definition) is 2. The Balaban J connectivity index is 1.65. The van der Waals surface area contributed by atoms with E-state index in [1.807, 2.05) is 18.3 Å². The molecular weight excluding hydrogens is 220 g/mol. The van der Waals surface area contributed by atoms with Gasteiger partial charge in [0, 0.05) is 19.3 Å². The van der Waals surface area contributed by atoms with Crippen LogP contribution < -0.4 is 5.32 Å². The third-order valence-electron chi connectivity index (χ3n) is 2.85. The van der Waals surface area contributed by atoms with E-state index in [9.17, 15) is 0 Å². The fraction of sp³-hybridized carbons (Fsp3) is 0.455. The first-order valence-corrected chi connectivity index (χ1v) is 5.56. The van der Waals surface area contributed by atoms with Crippen molar-refractivity contribution in [1.29, 1.82) is 0 Å². The Labute approximate surface area is 98.4 Å². The van der Waals surface area contributed by atoms with E-state index < -0.39 is 0 Å². The molecule has 0 amide bonds. The number of nitrogens with one attached hydrogen (secondary N) is 2. The first-order chi connectivity index (χ1) is 8.25. The van der Waals surface area contributed by atoms with Crippen LogP contribution in [-0.2, 0) is 11.3 Å². The summed E-state index contributed by atoms with van der Waals surface area (Å²) >= 11 is 0. The molecule has 2 aromatic rings. The monoisotopic (exact) mass is 234 g/mol. The largest absolute Gasteiger partial charge is 0.363 e. The Morgan fingerprint density at radius 2 is 2.41 bits per heavy atom. The summed E-state index contributed by atoms with van der Waals surface area (Å²) in [6, 6.07) is 3.79. The molecule has 17 heavy (non-hydrogen) atoms. The molecule has 2 N–H and O–H groups in total. The number of ether oxygens (including phenoxy) is 1. The summed E-state index contributed by atoms with van der Waals surface area (Å²) in [5.74, 6) is 1.06. The molecule has 1 fully saturated rings. The predicted octanol–water partition coefficient (Wildman–Crippen LogP) is 0.943. The second-order valence-corrected chi connectivity index (χ2v) is 4.44. The first kappa shape index (κ1) is 10.5. The van der Waals surface area contributed by atoms with Gasteiger partial charge in [0.05, 0.1) is 11.3 Å². The highest BCUT2D eigenvalue weighted by atomic mass is 16.5. The van der Waals surface area contributed by atoms with Crippen LogP contribution in [0.5, 0.6) is 0 Å². The van der Waals surface area contributed by atoms with E-state index in [1.54, 1.807) is 0 Å². The van der Waals surface area contributed by atoms with Gasteiger partial charge in [-0.2, -0.15) is 4.98 Å². The lowest BCUT2D eigenvalue weighted by Crippen LogP contribution is -2.58. The maximum absolute atomic E-state index is 5.71. The molecule has 0 unspecified atom stereocenters. The van der Waals surface area contributed by atoms with Crippen LogP contribution in [0.1, 0.15) is 12.8 Å². The van der Waals surface area contributed by atoms with Gasteiger partial charge in [-0.25, -0.2) is 0 Å². The molecule has 0 radical (unpaired) electrons. The van der Waals surface area contributed by atoms with E-state index in [1.165, 1.54) is 0 Å². The third-order valence-corrected chi connectivity index (χ3v) is 2.85. The quantitative estimate of drug-likeness (QED) is 0.823. The van der Waals surface area contributed by atoms with Crippen LogP contribution >= 0.6 is 0 Å². The lowest BCUT2D eigenvalue weighted by atomic mass is 10.0. The fourth-order valence-corrected chi connectivity index (χ4v) is 1.71. The zero-order chi connectivity index (χ0) is 11.7. The number of H-pyrrole nitrogens is 1. The summed E-state index contributed by atoms with van der Waals surface area (Å²) in [6.45, 7) is 4.15. The van der Waals surface area contributed by atoms with Gasteiger partial charge in [-0.1, -0.05) is 5.16 Å². The zero-order valence-electron chi connectivity index (χ0n) is 9.56. The Hall–Kier alpha value is -1.66. The third kappa shape index (κ3) is 2.09. The Bertz CT molecular complexity index is 487. The van der Waals surface area contributed by atoms with E-state index in [0.29, 0.717) is 18.3 Å². The number of aromatic amines is 1. The van der Waals surface area contributed by atoms with E-state index in [4.69, 9.17) is 9.26 Å². The van der Waals surface area contributed by atoms with Crippen molar-refractivity contribution in [2.24, 2.45) is 0 Å². The van der Waals surface area contributed by atoms with Gasteiger partial charge in [-0.05, 0) is 19.1 Å². The number of hydrogen-bond acceptors (Lipinski definition) is 5. The summed E-state index contributed by atoms with van der Waals surface area (Å²) in [6.07, 6.45) is 1.82. The average Bonchev–Trinajstić information content (AvgIpc) is 2.93. The van der Waals surface area contributed by atoms with Crippen molar-refractivity contribution in [3.05, 3.63) is 24.2 Å². The highest BCUT2D eigenvalue weighted by molar-refractivity contribution is 5.47. The predicted molar refractivity (Wildman–Crippen MR) is 60.1 cm³/mol. The van der Waals surface area contributed by atoms with Gasteiger partial charge < -0.3 is 19.6 Å². The summed E-state index contributed by atoms with van der Waals surface area (Å²) in [7, 11) is 0. The Morgan fingerprint density at radius 3 is 3.06 bits per heavy atom. The molecule has 2 aromatic heterocycles. The molecule has 0 aliphatic carbocycles. The van der Waals surface area contributed by atoms with Crippen molar-refractivity contribution < 1.29 is 9.26 Å². The van der Waals surface area contributed by atoms with Crippen LogP contribution in [0.25, 0.3) is 11.5 Å². The van der Waals surface area contributed by atoms with Crippen LogP contribution in [-0.4, -0.2) is 33.8 Å². The number of nitrogens with zero attached hydrogens (tertiary/aromatic N) is 2. The van der Waals surface area contributed by atoms with Crippen LogP contribution in [0, 0.1) is 0 Å². The molecule has 6 heteroatoms. The summed E-state index contributed by atoms with van der Waals surface area (Å²) in [5, 5.41) is 7.06. The van der Waals surface area contributed by atoms with Gasteiger partial charge in [0.1, 0.15) is 6.61 Å². The summed E-state index contributed by atoms with van der Waals surface area (Å²) in [5.41, 5.74) is 0.748. The van der Waals surface area contributed by atoms with Crippen molar-refractivity contribution in [2.75, 3.05) is 13.1 Å². The standard InChI is InChI=1S/C11H14N4O2/c1-11(6-12-7-11)16-5-9-14-10(15-17-9)8-3-2-4-13-8/h2-4,12-13H,5-7H2,1H3. The fourth-order valence-electron chi connectivity index (χ4n) is 1.71. The van der Waals surface area contributed by atoms with Crippen LogP contribution in [0.3, 0.4) is 0 Å². The molecule has 0 bridgehead atoms. The van der Waals surface area contributed by atoms with Gasteiger partial charge in [0.25, 0.3) is 5.89 Å². The molecule has 6 nitrogen and oxygen atoms in total. The molecule has 0 aromatic carbocycles. The maximum atomic E-state index is 5.71. The lowest BCUT2D eigenvalue weighted by molar-refractivity contribution is -0.0841. The molecule has 1 saturated heterocycles. The van der Waals surface area contributed by atoms with E-state index in [-0.39, 0.29) is 5.60 Å². The molecule has 90 valence electrons. The molecule has 3 heterocycles. The Morgan fingerprint density at radius 1 is 1.53 bits per heavy atom. The molecule has 3 rings (SSSR count). The van der Waals surface area contributed by atoms with Gasteiger partial charge in [-0.15, -0.1) is 0 Å². The van der Waals surface area contributed by atoms with Crippen molar-refractivity contribution in [1.82, 2.24) is 20.4 Å². The van der Waals surface area contributed by atoms with Crippen molar-refractivity contribution in [3.63, 3.8) is 0 Å². The second-order valence-electron chi connectivity index (χ2n) is 4.44. The van der Waals surface area contributed by atoms with Crippen molar-refractivity contribution in [3.8, 4) is 11.5 Å². The maximum Gasteiger partial charge on any atom is 0.253 e.